The average Bonchev–Trinajstić information content (AvgIpc) is 2.20. The van der Waals surface area contributed by atoms with Gasteiger partial charge in [-0.25, -0.2) is 0 Å². The van der Waals surface area contributed by atoms with Crippen LogP contribution < -0.4 is 0 Å². The Kier molecular flexibility index (Phi) is 2.47. The molecular formula is C10H12O3. The highest BCUT2D eigenvalue weighted by Gasteiger charge is 2.15. The number of hydrogen-bond acceptors (Lipinski definition) is 3. The third kappa shape index (κ3) is 1.99. The van der Waals surface area contributed by atoms with Gasteiger partial charge in [0, 0.05) is 0 Å². The molecule has 0 spiro atoms. The van der Waals surface area contributed by atoms with E-state index >= 15 is 0 Å². The average molecular weight is 180 g/mol. The van der Waals surface area contributed by atoms with Crippen LogP contribution in [-0.2, 0) is 9.47 Å². The van der Waals surface area contributed by atoms with Crippen LogP contribution in [0.15, 0.2) is 24.3 Å². The van der Waals surface area contributed by atoms with Crippen LogP contribution in [-0.4, -0.2) is 24.9 Å². The van der Waals surface area contributed by atoms with E-state index in [1.165, 1.54) is 0 Å². The smallest absolute Gasteiger partial charge is 0.115 e. The molecule has 1 aromatic rings. The third-order valence-electron chi connectivity index (χ3n) is 2.08. The summed E-state index contributed by atoms with van der Waals surface area (Å²) in [4.78, 5) is 0. The maximum Gasteiger partial charge on any atom is 0.115 e. The Labute approximate surface area is 76.9 Å². The molecule has 1 unspecified atom stereocenters. The number of rotatable bonds is 1. The van der Waals surface area contributed by atoms with Crippen molar-refractivity contribution in [1.82, 2.24) is 0 Å². The third-order valence-corrected chi connectivity index (χ3v) is 2.08. The molecule has 0 bridgehead atoms. The molecule has 13 heavy (non-hydrogen) atoms. The van der Waals surface area contributed by atoms with Gasteiger partial charge in [-0.2, -0.15) is 0 Å². The molecule has 1 aliphatic rings. The first-order valence-electron chi connectivity index (χ1n) is 4.34. The Hall–Kier alpha value is -1.06. The van der Waals surface area contributed by atoms with Crippen molar-refractivity contribution < 1.29 is 14.6 Å². The minimum atomic E-state index is 0.0225. The van der Waals surface area contributed by atoms with Gasteiger partial charge in [-0.15, -0.1) is 0 Å². The van der Waals surface area contributed by atoms with E-state index in [1.807, 2.05) is 12.1 Å². The zero-order chi connectivity index (χ0) is 9.10. The standard InChI is InChI=1S/C10H12O3/c11-9-3-1-8(2-4-9)10-7-12-5-6-13-10/h1-4,10-11H,5-7H2. The fourth-order valence-electron chi connectivity index (χ4n) is 1.37. The summed E-state index contributed by atoms with van der Waals surface area (Å²) >= 11 is 0. The van der Waals surface area contributed by atoms with E-state index in [0.717, 1.165) is 5.56 Å². The number of hydrogen-bond donors (Lipinski definition) is 1. The Morgan fingerprint density at radius 3 is 2.54 bits per heavy atom. The lowest BCUT2D eigenvalue weighted by atomic mass is 10.1. The van der Waals surface area contributed by atoms with Crippen LogP contribution in [0.3, 0.4) is 0 Å². The molecule has 0 radical (unpaired) electrons. The van der Waals surface area contributed by atoms with Gasteiger partial charge in [0.1, 0.15) is 11.9 Å². The molecule has 0 aromatic heterocycles. The van der Waals surface area contributed by atoms with Crippen LogP contribution in [0.2, 0.25) is 0 Å². The zero-order valence-electron chi connectivity index (χ0n) is 7.27. The van der Waals surface area contributed by atoms with E-state index in [4.69, 9.17) is 14.6 Å². The second-order valence-corrected chi connectivity index (χ2v) is 3.03. The minimum absolute atomic E-state index is 0.0225. The SMILES string of the molecule is Oc1ccc(C2COCCO2)cc1. The van der Waals surface area contributed by atoms with Gasteiger partial charge in [-0.1, -0.05) is 12.1 Å². The van der Waals surface area contributed by atoms with Gasteiger partial charge in [0.25, 0.3) is 0 Å². The molecule has 0 aliphatic carbocycles. The van der Waals surface area contributed by atoms with Gasteiger partial charge in [-0.05, 0) is 17.7 Å². The van der Waals surface area contributed by atoms with Gasteiger partial charge in [-0.3, -0.25) is 0 Å². The zero-order valence-corrected chi connectivity index (χ0v) is 7.27. The monoisotopic (exact) mass is 180 g/mol. The molecule has 1 fully saturated rings. The molecule has 1 aliphatic heterocycles. The van der Waals surface area contributed by atoms with Gasteiger partial charge in [0.15, 0.2) is 0 Å². The first kappa shape index (κ1) is 8.53. The summed E-state index contributed by atoms with van der Waals surface area (Å²) in [5.74, 6) is 0.278. The molecule has 1 saturated heterocycles. The lowest BCUT2D eigenvalue weighted by molar-refractivity contribution is -0.0901. The summed E-state index contributed by atoms with van der Waals surface area (Å²) in [6, 6.07) is 7.03. The maximum atomic E-state index is 9.08. The molecule has 3 heteroatoms. The summed E-state index contributed by atoms with van der Waals surface area (Å²) in [7, 11) is 0. The van der Waals surface area contributed by atoms with Crippen molar-refractivity contribution in [1.29, 1.82) is 0 Å². The van der Waals surface area contributed by atoms with Crippen LogP contribution in [0, 0.1) is 0 Å². The van der Waals surface area contributed by atoms with Gasteiger partial charge >= 0.3 is 0 Å². The van der Waals surface area contributed by atoms with Crippen molar-refractivity contribution in [3.8, 4) is 5.75 Å². The van der Waals surface area contributed by atoms with E-state index in [2.05, 4.69) is 0 Å². The first-order chi connectivity index (χ1) is 6.36. The molecule has 1 aromatic carbocycles. The van der Waals surface area contributed by atoms with Crippen LogP contribution in [0.25, 0.3) is 0 Å². The molecule has 1 N–H and O–H groups in total. The van der Waals surface area contributed by atoms with Crippen molar-refractivity contribution in [2.75, 3.05) is 19.8 Å². The largest absolute Gasteiger partial charge is 0.508 e. The summed E-state index contributed by atoms with van der Waals surface area (Å²) in [5.41, 5.74) is 1.05. The van der Waals surface area contributed by atoms with Crippen LogP contribution >= 0.6 is 0 Å². The lowest BCUT2D eigenvalue weighted by Gasteiger charge is -2.23. The Morgan fingerprint density at radius 1 is 1.15 bits per heavy atom. The molecule has 1 heterocycles. The Balaban J connectivity index is 2.10. The topological polar surface area (TPSA) is 38.7 Å². The predicted octanol–water partition coefficient (Wildman–Crippen LogP) is 1.48. The molecular weight excluding hydrogens is 168 g/mol. The maximum absolute atomic E-state index is 9.08. The number of ether oxygens (including phenoxy) is 2. The van der Waals surface area contributed by atoms with E-state index < -0.39 is 0 Å². The van der Waals surface area contributed by atoms with Gasteiger partial charge in [0.05, 0.1) is 19.8 Å². The molecule has 0 saturated carbocycles. The van der Waals surface area contributed by atoms with Crippen molar-refractivity contribution in [2.24, 2.45) is 0 Å². The van der Waals surface area contributed by atoms with E-state index in [0.29, 0.717) is 19.8 Å². The molecule has 2 rings (SSSR count). The fraction of sp³-hybridized carbons (Fsp3) is 0.400. The van der Waals surface area contributed by atoms with Crippen LogP contribution in [0.4, 0.5) is 0 Å². The summed E-state index contributed by atoms with van der Waals surface area (Å²) in [6.45, 7) is 1.92. The second-order valence-electron chi connectivity index (χ2n) is 3.03. The second kappa shape index (κ2) is 3.77. The van der Waals surface area contributed by atoms with Crippen molar-refractivity contribution in [3.05, 3.63) is 29.8 Å². The molecule has 1 atom stereocenters. The van der Waals surface area contributed by atoms with Crippen molar-refractivity contribution in [2.45, 2.75) is 6.10 Å². The van der Waals surface area contributed by atoms with E-state index in [1.54, 1.807) is 12.1 Å². The minimum Gasteiger partial charge on any atom is -0.508 e. The van der Waals surface area contributed by atoms with Crippen molar-refractivity contribution in [3.63, 3.8) is 0 Å². The van der Waals surface area contributed by atoms with Crippen LogP contribution in [0.1, 0.15) is 11.7 Å². The van der Waals surface area contributed by atoms with E-state index in [9.17, 15) is 0 Å². The number of phenols is 1. The first-order valence-corrected chi connectivity index (χ1v) is 4.34. The molecule has 3 nitrogen and oxygen atoms in total. The summed E-state index contributed by atoms with van der Waals surface area (Å²) < 4.78 is 10.8. The summed E-state index contributed by atoms with van der Waals surface area (Å²) in [5, 5.41) is 9.08. The summed E-state index contributed by atoms with van der Waals surface area (Å²) in [6.07, 6.45) is 0.0225. The molecule has 70 valence electrons. The number of aromatic hydroxyl groups is 1. The highest BCUT2D eigenvalue weighted by molar-refractivity contribution is 5.27. The molecule has 0 amide bonds. The Bertz CT molecular complexity index is 262. The lowest BCUT2D eigenvalue weighted by Crippen LogP contribution is -2.21. The highest BCUT2D eigenvalue weighted by atomic mass is 16.6. The van der Waals surface area contributed by atoms with Gasteiger partial charge in [0.2, 0.25) is 0 Å². The van der Waals surface area contributed by atoms with Crippen LogP contribution in [0.5, 0.6) is 5.75 Å². The predicted molar refractivity (Wildman–Crippen MR) is 47.6 cm³/mol. The van der Waals surface area contributed by atoms with E-state index in [-0.39, 0.29) is 11.9 Å². The highest BCUT2D eigenvalue weighted by Crippen LogP contribution is 2.22. The normalized spacial score (nSPS) is 22.9. The number of phenolic OH excluding ortho intramolecular Hbond substituents is 1. The quantitative estimate of drug-likeness (QED) is 0.711. The van der Waals surface area contributed by atoms with Gasteiger partial charge < -0.3 is 14.6 Å². The van der Waals surface area contributed by atoms with Crippen molar-refractivity contribution >= 4 is 0 Å². The fourth-order valence-corrected chi connectivity index (χ4v) is 1.37. The number of benzene rings is 1. The Morgan fingerprint density at radius 2 is 1.92 bits per heavy atom.